The van der Waals surface area contributed by atoms with Crippen molar-refractivity contribution in [2.45, 2.75) is 45.9 Å². The molecule has 28 heavy (non-hydrogen) atoms. The van der Waals surface area contributed by atoms with Crippen LogP contribution in [0.2, 0.25) is 0 Å². The number of amides is 1. The second-order valence-corrected chi connectivity index (χ2v) is 7.64. The fourth-order valence-electron chi connectivity index (χ4n) is 2.42. The number of hydrogen-bond donors (Lipinski definition) is 3. The maximum absolute atomic E-state index is 11.6. The van der Waals surface area contributed by atoms with Crippen molar-refractivity contribution in [2.24, 2.45) is 4.99 Å². The molecule has 0 saturated heterocycles. The van der Waals surface area contributed by atoms with Crippen molar-refractivity contribution in [3.63, 3.8) is 0 Å². The molecule has 0 aliphatic heterocycles. The summed E-state index contributed by atoms with van der Waals surface area (Å²) in [7, 11) is 5.88. The molecule has 0 aliphatic rings. The van der Waals surface area contributed by atoms with Crippen molar-refractivity contribution < 1.29 is 9.53 Å². The minimum Gasteiger partial charge on any atom is -0.444 e. The average molecular weight is 505 g/mol. The molecule has 0 fully saturated rings. The van der Waals surface area contributed by atoms with E-state index in [-0.39, 0.29) is 30.1 Å². The van der Waals surface area contributed by atoms with Crippen LogP contribution in [0, 0.1) is 0 Å². The third kappa shape index (κ3) is 12.0. The number of benzene rings is 1. The minimum absolute atomic E-state index is 0. The second kappa shape index (κ2) is 13.6. The minimum atomic E-state index is -0.475. The first-order valence-electron chi connectivity index (χ1n) is 9.34. The van der Waals surface area contributed by atoms with Gasteiger partial charge in [0.05, 0.1) is 0 Å². The topological polar surface area (TPSA) is 78.0 Å². The highest BCUT2D eigenvalue weighted by molar-refractivity contribution is 14.0. The molecule has 3 N–H and O–H groups in total. The predicted octanol–water partition coefficient (Wildman–Crippen LogP) is 2.95. The Balaban J connectivity index is 0.00000729. The van der Waals surface area contributed by atoms with Crippen LogP contribution >= 0.6 is 24.0 Å². The molecule has 8 heteroatoms. The zero-order valence-electron chi connectivity index (χ0n) is 18.0. The van der Waals surface area contributed by atoms with Crippen LogP contribution in [0.3, 0.4) is 0 Å². The molecule has 1 aromatic carbocycles. The first-order valence-corrected chi connectivity index (χ1v) is 9.34. The quantitative estimate of drug-likeness (QED) is 0.219. The summed E-state index contributed by atoms with van der Waals surface area (Å²) in [6, 6.07) is 8.39. The maximum atomic E-state index is 11.6. The van der Waals surface area contributed by atoms with Gasteiger partial charge in [0.25, 0.3) is 0 Å². The summed E-state index contributed by atoms with van der Waals surface area (Å²) in [5.74, 6) is 0.743. The number of aliphatic imine (C=N–C) groups is 1. The smallest absolute Gasteiger partial charge is 0.407 e. The van der Waals surface area contributed by atoms with Crippen molar-refractivity contribution in [1.82, 2.24) is 20.9 Å². The van der Waals surface area contributed by atoms with Gasteiger partial charge in [0.2, 0.25) is 0 Å². The van der Waals surface area contributed by atoms with E-state index in [1.807, 2.05) is 20.8 Å². The van der Waals surface area contributed by atoms with Gasteiger partial charge < -0.3 is 25.6 Å². The second-order valence-electron chi connectivity index (χ2n) is 7.64. The number of rotatable bonds is 8. The Kier molecular flexibility index (Phi) is 12.8. The Morgan fingerprint density at radius 1 is 1.07 bits per heavy atom. The highest BCUT2D eigenvalue weighted by atomic mass is 127. The van der Waals surface area contributed by atoms with Crippen LogP contribution in [0.25, 0.3) is 0 Å². The van der Waals surface area contributed by atoms with Crippen LogP contribution < -0.4 is 16.0 Å². The molecule has 1 rings (SSSR count). The Morgan fingerprint density at radius 3 is 2.25 bits per heavy atom. The van der Waals surface area contributed by atoms with Crippen molar-refractivity contribution in [3.8, 4) is 0 Å². The van der Waals surface area contributed by atoms with E-state index in [2.05, 4.69) is 64.2 Å². The van der Waals surface area contributed by atoms with Crippen LogP contribution in [-0.4, -0.2) is 56.8 Å². The Hall–Kier alpha value is -1.55. The fourth-order valence-corrected chi connectivity index (χ4v) is 2.42. The Labute approximate surface area is 186 Å². The Bertz CT molecular complexity index is 615. The molecule has 0 unspecified atom stereocenters. The van der Waals surface area contributed by atoms with Gasteiger partial charge in [-0.3, -0.25) is 4.99 Å². The third-order valence-electron chi connectivity index (χ3n) is 3.59. The van der Waals surface area contributed by atoms with Gasteiger partial charge in [0.1, 0.15) is 5.60 Å². The molecule has 0 aromatic heterocycles. The summed E-state index contributed by atoms with van der Waals surface area (Å²) in [6.45, 7) is 8.40. The maximum Gasteiger partial charge on any atom is 0.407 e. The number of nitrogens with zero attached hydrogens (tertiary/aromatic N) is 2. The van der Waals surface area contributed by atoms with Gasteiger partial charge in [-0.25, -0.2) is 4.79 Å². The first-order chi connectivity index (χ1) is 12.7. The van der Waals surface area contributed by atoms with E-state index >= 15 is 0 Å². The number of halogens is 1. The number of ether oxygens (including phenoxy) is 1. The number of guanidine groups is 1. The molecule has 0 saturated carbocycles. The zero-order chi connectivity index (χ0) is 20.3. The highest BCUT2D eigenvalue weighted by Gasteiger charge is 2.15. The summed E-state index contributed by atoms with van der Waals surface area (Å²) < 4.78 is 5.20. The standard InChI is InChI=1S/C20H35N5O2.HI/c1-20(2,3)27-19(26)23-13-9-12-22-18(21-4)24-14-16-10-7-8-11-17(16)15-25(5)6;/h7-8,10-11H,9,12-15H2,1-6H3,(H,23,26)(H2,21,22,24);1H. The lowest BCUT2D eigenvalue weighted by Gasteiger charge is -2.19. The van der Waals surface area contributed by atoms with Crippen LogP contribution in [0.15, 0.2) is 29.3 Å². The monoisotopic (exact) mass is 505 g/mol. The number of hydrogen-bond acceptors (Lipinski definition) is 4. The zero-order valence-corrected chi connectivity index (χ0v) is 20.3. The van der Waals surface area contributed by atoms with Gasteiger partial charge in [-0.2, -0.15) is 0 Å². The molecule has 0 radical (unpaired) electrons. The van der Waals surface area contributed by atoms with E-state index in [4.69, 9.17) is 4.74 Å². The molecule has 7 nitrogen and oxygen atoms in total. The van der Waals surface area contributed by atoms with Gasteiger partial charge in [-0.1, -0.05) is 24.3 Å². The van der Waals surface area contributed by atoms with E-state index < -0.39 is 5.60 Å². The van der Waals surface area contributed by atoms with Gasteiger partial charge in [-0.15, -0.1) is 24.0 Å². The van der Waals surface area contributed by atoms with E-state index in [9.17, 15) is 4.79 Å². The molecule has 1 aromatic rings. The highest BCUT2D eigenvalue weighted by Crippen LogP contribution is 2.10. The summed E-state index contributed by atoms with van der Waals surface area (Å²) in [6.07, 6.45) is 0.388. The number of carbonyl (C=O) groups is 1. The van der Waals surface area contributed by atoms with E-state index in [1.165, 1.54) is 11.1 Å². The molecule has 160 valence electrons. The van der Waals surface area contributed by atoms with E-state index in [0.29, 0.717) is 19.6 Å². The van der Waals surface area contributed by atoms with Gasteiger partial charge >= 0.3 is 6.09 Å². The molecule has 0 heterocycles. The first kappa shape index (κ1) is 26.4. The molecule has 0 bridgehead atoms. The largest absolute Gasteiger partial charge is 0.444 e. The SMILES string of the molecule is CN=C(NCCCNC(=O)OC(C)(C)C)NCc1ccccc1CN(C)C.I. The predicted molar refractivity (Wildman–Crippen MR) is 126 cm³/mol. The average Bonchev–Trinajstić information content (AvgIpc) is 2.56. The molecule has 1 amide bonds. The van der Waals surface area contributed by atoms with Crippen LogP contribution in [0.4, 0.5) is 4.79 Å². The number of alkyl carbamates (subject to hydrolysis) is 1. The van der Waals surface area contributed by atoms with Crippen molar-refractivity contribution >= 4 is 36.0 Å². The molecule has 0 aliphatic carbocycles. The summed E-state index contributed by atoms with van der Waals surface area (Å²) in [4.78, 5) is 18.0. The van der Waals surface area contributed by atoms with Gasteiger partial charge in [0.15, 0.2) is 5.96 Å². The van der Waals surface area contributed by atoms with Crippen molar-refractivity contribution in [2.75, 3.05) is 34.2 Å². The van der Waals surface area contributed by atoms with Crippen LogP contribution in [0.1, 0.15) is 38.3 Å². The fraction of sp³-hybridized carbons (Fsp3) is 0.600. The van der Waals surface area contributed by atoms with Crippen molar-refractivity contribution in [1.29, 1.82) is 0 Å². The number of nitrogens with one attached hydrogen (secondary N) is 3. The molecule has 0 atom stereocenters. The normalized spacial score (nSPS) is 11.6. The lowest BCUT2D eigenvalue weighted by molar-refractivity contribution is 0.0527. The lowest BCUT2D eigenvalue weighted by Crippen LogP contribution is -2.39. The van der Waals surface area contributed by atoms with Gasteiger partial charge in [0, 0.05) is 33.2 Å². The molecular formula is C20H36IN5O2. The Morgan fingerprint density at radius 2 is 1.68 bits per heavy atom. The van der Waals surface area contributed by atoms with Crippen LogP contribution in [0.5, 0.6) is 0 Å². The lowest BCUT2D eigenvalue weighted by atomic mass is 10.1. The van der Waals surface area contributed by atoms with Gasteiger partial charge in [-0.05, 0) is 52.4 Å². The summed E-state index contributed by atoms with van der Waals surface area (Å²) >= 11 is 0. The molecule has 0 spiro atoms. The molecular weight excluding hydrogens is 469 g/mol. The summed E-state index contributed by atoms with van der Waals surface area (Å²) in [5.41, 5.74) is 2.07. The van der Waals surface area contributed by atoms with E-state index in [0.717, 1.165) is 18.9 Å². The third-order valence-corrected chi connectivity index (χ3v) is 3.59. The van der Waals surface area contributed by atoms with E-state index in [1.54, 1.807) is 7.05 Å². The number of carbonyl (C=O) groups excluding carboxylic acids is 1. The van der Waals surface area contributed by atoms with Crippen LogP contribution in [-0.2, 0) is 17.8 Å². The van der Waals surface area contributed by atoms with Crippen molar-refractivity contribution in [3.05, 3.63) is 35.4 Å². The summed E-state index contributed by atoms with van der Waals surface area (Å²) in [5, 5.41) is 9.35.